The second kappa shape index (κ2) is 4.57. The molecule has 1 atom stereocenters. The molecule has 0 spiro atoms. The SMILES string of the molecule is COC(=O)C1CCc2cc(OC)ccc2C1=O. The Bertz CT molecular complexity index is 464. The molecule has 4 heteroatoms. The van der Waals surface area contributed by atoms with Gasteiger partial charge in [-0.15, -0.1) is 0 Å². The van der Waals surface area contributed by atoms with Gasteiger partial charge >= 0.3 is 5.97 Å². The van der Waals surface area contributed by atoms with Gasteiger partial charge in [-0.3, -0.25) is 9.59 Å². The number of carbonyl (C=O) groups excluding carboxylic acids is 2. The molecule has 0 aromatic heterocycles. The van der Waals surface area contributed by atoms with Crippen LogP contribution in [0.2, 0.25) is 0 Å². The Labute approximate surface area is 99.5 Å². The number of rotatable bonds is 2. The van der Waals surface area contributed by atoms with Crippen LogP contribution < -0.4 is 4.74 Å². The number of hydrogen-bond acceptors (Lipinski definition) is 4. The molecule has 0 radical (unpaired) electrons. The van der Waals surface area contributed by atoms with Crippen molar-refractivity contribution in [2.75, 3.05) is 14.2 Å². The minimum Gasteiger partial charge on any atom is -0.497 e. The minimum atomic E-state index is -0.652. The van der Waals surface area contributed by atoms with Crippen molar-refractivity contribution >= 4 is 11.8 Å². The third-order valence-electron chi connectivity index (χ3n) is 3.08. The van der Waals surface area contributed by atoms with Crippen LogP contribution in [0.5, 0.6) is 5.75 Å². The first-order chi connectivity index (χ1) is 8.17. The van der Waals surface area contributed by atoms with Gasteiger partial charge in [-0.25, -0.2) is 0 Å². The lowest BCUT2D eigenvalue weighted by atomic mass is 9.82. The normalized spacial score (nSPS) is 18.5. The number of benzene rings is 1. The molecule has 2 rings (SSSR count). The van der Waals surface area contributed by atoms with E-state index in [4.69, 9.17) is 4.74 Å². The first-order valence-corrected chi connectivity index (χ1v) is 5.46. The molecule has 0 heterocycles. The third-order valence-corrected chi connectivity index (χ3v) is 3.08. The van der Waals surface area contributed by atoms with Crippen LogP contribution in [0.3, 0.4) is 0 Å². The lowest BCUT2D eigenvalue weighted by Gasteiger charge is -2.21. The molecular weight excluding hydrogens is 220 g/mol. The van der Waals surface area contributed by atoms with Crippen molar-refractivity contribution in [3.8, 4) is 5.75 Å². The molecule has 0 saturated carbocycles. The second-order valence-corrected chi connectivity index (χ2v) is 4.00. The molecule has 90 valence electrons. The van der Waals surface area contributed by atoms with Gasteiger partial charge in [0.2, 0.25) is 0 Å². The van der Waals surface area contributed by atoms with Crippen molar-refractivity contribution in [3.63, 3.8) is 0 Å². The highest BCUT2D eigenvalue weighted by atomic mass is 16.5. The standard InChI is InChI=1S/C13H14O4/c1-16-9-4-6-10-8(7-9)3-5-11(12(10)14)13(15)17-2/h4,6-7,11H,3,5H2,1-2H3. The smallest absolute Gasteiger partial charge is 0.316 e. The molecule has 4 nitrogen and oxygen atoms in total. The summed E-state index contributed by atoms with van der Waals surface area (Å²) in [4.78, 5) is 23.5. The highest BCUT2D eigenvalue weighted by molar-refractivity contribution is 6.10. The van der Waals surface area contributed by atoms with E-state index in [9.17, 15) is 9.59 Å². The van der Waals surface area contributed by atoms with Gasteiger partial charge in [0.1, 0.15) is 11.7 Å². The van der Waals surface area contributed by atoms with Crippen LogP contribution in [0.25, 0.3) is 0 Å². The molecule has 0 aliphatic heterocycles. The van der Waals surface area contributed by atoms with Crippen molar-refractivity contribution in [2.24, 2.45) is 5.92 Å². The van der Waals surface area contributed by atoms with E-state index in [1.54, 1.807) is 19.2 Å². The third kappa shape index (κ3) is 2.02. The maximum atomic E-state index is 12.1. The fraction of sp³-hybridized carbons (Fsp3) is 0.385. The van der Waals surface area contributed by atoms with Crippen LogP contribution in [0.4, 0.5) is 0 Å². The summed E-state index contributed by atoms with van der Waals surface area (Å²) in [7, 11) is 2.89. The van der Waals surface area contributed by atoms with E-state index in [-0.39, 0.29) is 5.78 Å². The van der Waals surface area contributed by atoms with Gasteiger partial charge in [0.15, 0.2) is 5.78 Å². The molecular formula is C13H14O4. The molecule has 1 aromatic rings. The number of hydrogen-bond donors (Lipinski definition) is 0. The molecule has 0 N–H and O–H groups in total. The fourth-order valence-electron chi connectivity index (χ4n) is 2.13. The molecule has 0 saturated heterocycles. The largest absolute Gasteiger partial charge is 0.497 e. The molecule has 0 amide bonds. The summed E-state index contributed by atoms with van der Waals surface area (Å²) in [6, 6.07) is 5.29. The number of methoxy groups -OCH3 is 2. The highest BCUT2D eigenvalue weighted by Crippen LogP contribution is 2.29. The number of Topliss-reactive ketones (excluding diaryl/α,β-unsaturated/α-hetero) is 1. The van der Waals surface area contributed by atoms with Crippen molar-refractivity contribution in [1.29, 1.82) is 0 Å². The zero-order valence-corrected chi connectivity index (χ0v) is 9.86. The first-order valence-electron chi connectivity index (χ1n) is 5.46. The summed E-state index contributed by atoms with van der Waals surface area (Å²) in [5, 5.41) is 0. The Morgan fingerprint density at radius 3 is 2.76 bits per heavy atom. The van der Waals surface area contributed by atoms with Gasteiger partial charge in [0, 0.05) is 5.56 Å². The van der Waals surface area contributed by atoms with Gasteiger partial charge in [-0.05, 0) is 36.6 Å². The Balaban J connectivity index is 2.33. The average Bonchev–Trinajstić information content (AvgIpc) is 2.38. The summed E-state index contributed by atoms with van der Waals surface area (Å²) in [5.41, 5.74) is 1.54. The Hall–Kier alpha value is -1.84. The summed E-state index contributed by atoms with van der Waals surface area (Å²) >= 11 is 0. The number of aryl methyl sites for hydroxylation is 1. The van der Waals surface area contributed by atoms with Gasteiger partial charge in [0.25, 0.3) is 0 Å². The van der Waals surface area contributed by atoms with Crippen molar-refractivity contribution in [3.05, 3.63) is 29.3 Å². The summed E-state index contributed by atoms with van der Waals surface area (Å²) in [5.74, 6) is -0.522. The maximum Gasteiger partial charge on any atom is 0.316 e. The Kier molecular flexibility index (Phi) is 3.13. The molecule has 1 aliphatic carbocycles. The molecule has 1 aromatic carbocycles. The minimum absolute atomic E-state index is 0.152. The van der Waals surface area contributed by atoms with E-state index in [1.165, 1.54) is 7.11 Å². The van der Waals surface area contributed by atoms with E-state index in [0.717, 1.165) is 11.3 Å². The zero-order chi connectivity index (χ0) is 12.4. The van der Waals surface area contributed by atoms with E-state index >= 15 is 0 Å². The summed E-state index contributed by atoms with van der Waals surface area (Å²) in [6.45, 7) is 0. The Morgan fingerprint density at radius 2 is 2.12 bits per heavy atom. The molecule has 0 bridgehead atoms. The average molecular weight is 234 g/mol. The van der Waals surface area contributed by atoms with Crippen LogP contribution >= 0.6 is 0 Å². The second-order valence-electron chi connectivity index (χ2n) is 4.00. The zero-order valence-electron chi connectivity index (χ0n) is 9.86. The van der Waals surface area contributed by atoms with Gasteiger partial charge in [-0.1, -0.05) is 0 Å². The molecule has 0 fully saturated rings. The van der Waals surface area contributed by atoms with Gasteiger partial charge in [0.05, 0.1) is 14.2 Å². The van der Waals surface area contributed by atoms with Crippen molar-refractivity contribution in [1.82, 2.24) is 0 Å². The Morgan fingerprint density at radius 1 is 1.35 bits per heavy atom. The highest BCUT2D eigenvalue weighted by Gasteiger charge is 2.33. The predicted molar refractivity (Wildman–Crippen MR) is 61.2 cm³/mol. The van der Waals surface area contributed by atoms with Crippen molar-refractivity contribution < 1.29 is 19.1 Å². The number of esters is 1. The number of ketones is 1. The molecule has 17 heavy (non-hydrogen) atoms. The summed E-state index contributed by atoms with van der Waals surface area (Å²) in [6.07, 6.45) is 1.20. The summed E-state index contributed by atoms with van der Waals surface area (Å²) < 4.78 is 9.74. The predicted octanol–water partition coefficient (Wildman–Crippen LogP) is 1.61. The molecule has 1 aliphatic rings. The van der Waals surface area contributed by atoms with Gasteiger partial charge < -0.3 is 9.47 Å². The fourth-order valence-corrected chi connectivity index (χ4v) is 2.13. The quantitative estimate of drug-likeness (QED) is 0.576. The van der Waals surface area contributed by atoms with Crippen LogP contribution in [-0.4, -0.2) is 26.0 Å². The number of carbonyl (C=O) groups is 2. The van der Waals surface area contributed by atoms with Crippen molar-refractivity contribution in [2.45, 2.75) is 12.8 Å². The lowest BCUT2D eigenvalue weighted by molar-refractivity contribution is -0.143. The monoisotopic (exact) mass is 234 g/mol. The van der Waals surface area contributed by atoms with Crippen LogP contribution in [0.1, 0.15) is 22.3 Å². The molecule has 1 unspecified atom stereocenters. The maximum absolute atomic E-state index is 12.1. The van der Waals surface area contributed by atoms with Crippen LogP contribution in [0.15, 0.2) is 18.2 Å². The number of fused-ring (bicyclic) bond motifs is 1. The lowest BCUT2D eigenvalue weighted by Crippen LogP contribution is -2.30. The number of ether oxygens (including phenoxy) is 2. The van der Waals surface area contributed by atoms with E-state index in [0.29, 0.717) is 18.4 Å². The topological polar surface area (TPSA) is 52.6 Å². The van der Waals surface area contributed by atoms with E-state index in [2.05, 4.69) is 4.74 Å². The van der Waals surface area contributed by atoms with E-state index in [1.807, 2.05) is 6.07 Å². The van der Waals surface area contributed by atoms with E-state index < -0.39 is 11.9 Å². The first kappa shape index (κ1) is 11.6. The van der Waals surface area contributed by atoms with Crippen LogP contribution in [0, 0.1) is 5.92 Å². The van der Waals surface area contributed by atoms with Crippen LogP contribution in [-0.2, 0) is 16.0 Å². The van der Waals surface area contributed by atoms with Gasteiger partial charge in [-0.2, -0.15) is 0 Å².